The molecule has 1 aromatic heterocycles. The van der Waals surface area contributed by atoms with E-state index in [9.17, 15) is 14.4 Å². The van der Waals surface area contributed by atoms with Crippen LogP contribution >= 0.6 is 0 Å². The molecule has 1 unspecified atom stereocenters. The third-order valence-corrected chi connectivity index (χ3v) is 7.19. The van der Waals surface area contributed by atoms with Crippen LogP contribution in [0, 0.1) is 13.8 Å². The molecule has 3 amide bonds. The lowest BCUT2D eigenvalue weighted by atomic mass is 9.95. The number of likely N-dealkylation sites (tertiary alicyclic amines) is 1. The minimum absolute atomic E-state index is 0.0443. The van der Waals surface area contributed by atoms with E-state index in [1.807, 2.05) is 56.3 Å². The molecule has 0 bridgehead atoms. The van der Waals surface area contributed by atoms with Crippen LogP contribution < -0.4 is 5.32 Å². The summed E-state index contributed by atoms with van der Waals surface area (Å²) in [5.74, 6) is 0.0312. The highest BCUT2D eigenvalue weighted by Crippen LogP contribution is 2.39. The normalized spacial score (nSPS) is 18.7. The van der Waals surface area contributed by atoms with Gasteiger partial charge in [-0.05, 0) is 50.2 Å². The molecule has 8 heteroatoms. The Kier molecular flexibility index (Phi) is 6.84. The first-order valence-corrected chi connectivity index (χ1v) is 12.6. The number of ether oxygens (including phenoxy) is 1. The number of nitrogens with one attached hydrogen (secondary N) is 1. The van der Waals surface area contributed by atoms with Crippen LogP contribution in [0.25, 0.3) is 0 Å². The highest BCUT2D eigenvalue weighted by molar-refractivity contribution is 5.99. The summed E-state index contributed by atoms with van der Waals surface area (Å²) in [6, 6.07) is 17.6. The third kappa shape index (κ3) is 5.02. The lowest BCUT2D eigenvalue weighted by Crippen LogP contribution is -2.59. The second kappa shape index (κ2) is 10.2. The molecule has 1 N–H and O–H groups in total. The van der Waals surface area contributed by atoms with E-state index in [1.165, 1.54) is 0 Å². The van der Waals surface area contributed by atoms with Crippen molar-refractivity contribution in [1.29, 1.82) is 0 Å². The first kappa shape index (κ1) is 24.8. The van der Waals surface area contributed by atoms with Crippen LogP contribution in [0.15, 0.2) is 71.3 Å². The lowest BCUT2D eigenvalue weighted by molar-refractivity contribution is -0.128. The fraction of sp³-hybridized carbons (Fsp3) is 0.345. The van der Waals surface area contributed by atoms with Crippen LogP contribution in [-0.4, -0.2) is 59.0 Å². The van der Waals surface area contributed by atoms with E-state index in [0.717, 1.165) is 11.1 Å². The Bertz CT molecular complexity index is 1280. The lowest BCUT2D eigenvalue weighted by Gasteiger charge is -2.44. The van der Waals surface area contributed by atoms with Crippen molar-refractivity contribution in [3.8, 4) is 0 Å². The van der Waals surface area contributed by atoms with Crippen molar-refractivity contribution in [2.75, 3.05) is 19.7 Å². The monoisotopic (exact) mass is 501 g/mol. The number of amides is 3. The number of hydrogen-bond acceptors (Lipinski definition) is 5. The van der Waals surface area contributed by atoms with E-state index < -0.39 is 11.8 Å². The molecule has 1 atom stereocenters. The Balaban J connectivity index is 1.36. The molecule has 1 spiro atoms. The Hall–Kier alpha value is -3.91. The van der Waals surface area contributed by atoms with Gasteiger partial charge in [-0.2, -0.15) is 0 Å². The quantitative estimate of drug-likeness (QED) is 0.576. The van der Waals surface area contributed by atoms with Gasteiger partial charge in [-0.1, -0.05) is 35.4 Å². The highest BCUT2D eigenvalue weighted by Gasteiger charge is 2.54. The Morgan fingerprint density at radius 1 is 0.919 bits per heavy atom. The summed E-state index contributed by atoms with van der Waals surface area (Å²) in [6.07, 6.45) is 2.39. The molecule has 2 aromatic carbocycles. The van der Waals surface area contributed by atoms with Gasteiger partial charge in [0.2, 0.25) is 5.91 Å². The summed E-state index contributed by atoms with van der Waals surface area (Å²) in [5, 5.41) is 2.88. The Morgan fingerprint density at radius 2 is 1.68 bits per heavy atom. The zero-order chi connectivity index (χ0) is 26.0. The molecule has 2 fully saturated rings. The maximum atomic E-state index is 13.9. The molecule has 0 radical (unpaired) electrons. The maximum absolute atomic E-state index is 13.9. The van der Waals surface area contributed by atoms with Crippen molar-refractivity contribution in [3.63, 3.8) is 0 Å². The number of hydrogen-bond donors (Lipinski definition) is 1. The summed E-state index contributed by atoms with van der Waals surface area (Å²) >= 11 is 0. The van der Waals surface area contributed by atoms with E-state index in [1.54, 1.807) is 34.3 Å². The van der Waals surface area contributed by atoms with E-state index in [4.69, 9.17) is 9.15 Å². The van der Waals surface area contributed by atoms with Crippen molar-refractivity contribution >= 4 is 17.7 Å². The number of furan rings is 1. The number of nitrogens with zero attached hydrogens (tertiary/aromatic N) is 2. The molecule has 8 nitrogen and oxygen atoms in total. The van der Waals surface area contributed by atoms with Crippen LogP contribution in [0.5, 0.6) is 0 Å². The van der Waals surface area contributed by atoms with Crippen LogP contribution in [0.3, 0.4) is 0 Å². The van der Waals surface area contributed by atoms with Gasteiger partial charge in [0.15, 0.2) is 0 Å². The number of aryl methyl sites for hydroxylation is 2. The zero-order valence-electron chi connectivity index (χ0n) is 21.1. The second-order valence-corrected chi connectivity index (χ2v) is 9.77. The minimum Gasteiger partial charge on any atom is -0.467 e. The number of carbonyl (C=O) groups is 3. The largest absolute Gasteiger partial charge is 0.467 e. The summed E-state index contributed by atoms with van der Waals surface area (Å²) in [6.45, 7) is 5.07. The summed E-state index contributed by atoms with van der Waals surface area (Å²) in [4.78, 5) is 43.6. The minimum atomic E-state index is -0.961. The predicted octanol–water partition coefficient (Wildman–Crippen LogP) is 3.69. The van der Waals surface area contributed by atoms with Gasteiger partial charge in [0, 0.05) is 37.1 Å². The molecule has 2 aliphatic heterocycles. The average Bonchev–Trinajstić information content (AvgIpc) is 3.56. The average molecular weight is 502 g/mol. The van der Waals surface area contributed by atoms with Gasteiger partial charge < -0.3 is 19.4 Å². The molecule has 192 valence electrons. The van der Waals surface area contributed by atoms with Crippen LogP contribution in [0.1, 0.15) is 50.4 Å². The van der Waals surface area contributed by atoms with Crippen molar-refractivity contribution in [1.82, 2.24) is 15.1 Å². The van der Waals surface area contributed by atoms with Gasteiger partial charge in [-0.15, -0.1) is 0 Å². The van der Waals surface area contributed by atoms with E-state index in [0.29, 0.717) is 42.8 Å². The molecule has 3 aromatic rings. The van der Waals surface area contributed by atoms with Crippen LogP contribution in [0.4, 0.5) is 0 Å². The summed E-state index contributed by atoms with van der Waals surface area (Å²) in [7, 11) is 0. The highest BCUT2D eigenvalue weighted by atomic mass is 16.5. The van der Waals surface area contributed by atoms with E-state index in [2.05, 4.69) is 5.32 Å². The van der Waals surface area contributed by atoms with E-state index in [-0.39, 0.29) is 30.9 Å². The topological polar surface area (TPSA) is 92.1 Å². The molecule has 5 rings (SSSR count). The summed E-state index contributed by atoms with van der Waals surface area (Å²) in [5.41, 5.74) is 2.23. The standard InChI is InChI=1S/C29H31N3O5/c1-20-8-10-22(11-9-20)27(34)31-14-12-29(13-15-31)32(28(35)23-6-3-5-21(2)17-23)25(19-37-29)26(33)30-18-24-7-4-16-36-24/h3-11,16-17,25H,12-15,18-19H2,1-2H3,(H,30,33). The van der Waals surface area contributed by atoms with Gasteiger partial charge in [-0.3, -0.25) is 19.3 Å². The van der Waals surface area contributed by atoms with Crippen molar-refractivity contribution in [2.24, 2.45) is 0 Å². The molecule has 37 heavy (non-hydrogen) atoms. The Morgan fingerprint density at radius 3 is 2.35 bits per heavy atom. The van der Waals surface area contributed by atoms with Gasteiger partial charge in [0.25, 0.3) is 11.8 Å². The first-order valence-electron chi connectivity index (χ1n) is 12.6. The smallest absolute Gasteiger partial charge is 0.256 e. The van der Waals surface area contributed by atoms with Crippen LogP contribution in [0.2, 0.25) is 0 Å². The number of carbonyl (C=O) groups excluding carboxylic acids is 3. The predicted molar refractivity (Wildman–Crippen MR) is 137 cm³/mol. The maximum Gasteiger partial charge on any atom is 0.256 e. The van der Waals surface area contributed by atoms with Gasteiger partial charge in [-0.25, -0.2) is 0 Å². The zero-order valence-corrected chi connectivity index (χ0v) is 21.1. The fourth-order valence-corrected chi connectivity index (χ4v) is 5.13. The van der Waals surface area contributed by atoms with Crippen molar-refractivity contribution in [2.45, 2.75) is 45.0 Å². The van der Waals surface area contributed by atoms with Gasteiger partial charge in [0.1, 0.15) is 17.5 Å². The third-order valence-electron chi connectivity index (χ3n) is 7.19. The second-order valence-electron chi connectivity index (χ2n) is 9.77. The fourth-order valence-electron chi connectivity index (χ4n) is 5.13. The molecule has 2 aliphatic rings. The van der Waals surface area contributed by atoms with Crippen molar-refractivity contribution < 1.29 is 23.5 Å². The number of rotatable bonds is 5. The number of benzene rings is 2. The number of piperidine rings is 1. The molecule has 0 saturated carbocycles. The molecule has 0 aliphatic carbocycles. The first-order chi connectivity index (χ1) is 17.9. The molecular formula is C29H31N3O5. The summed E-state index contributed by atoms with van der Waals surface area (Å²) < 4.78 is 11.6. The SMILES string of the molecule is Cc1ccc(C(=O)N2CCC3(CC2)OCC(C(=O)NCc2ccco2)N3C(=O)c2cccc(C)c2)cc1. The van der Waals surface area contributed by atoms with E-state index >= 15 is 0 Å². The molecule has 3 heterocycles. The molecular weight excluding hydrogens is 470 g/mol. The Labute approximate surface area is 216 Å². The van der Waals surface area contributed by atoms with Crippen LogP contribution in [-0.2, 0) is 16.1 Å². The van der Waals surface area contributed by atoms with Crippen molar-refractivity contribution in [3.05, 3.63) is 94.9 Å². The molecule has 2 saturated heterocycles. The van der Waals surface area contributed by atoms with Gasteiger partial charge in [0.05, 0.1) is 19.4 Å². The van der Waals surface area contributed by atoms with Gasteiger partial charge >= 0.3 is 0 Å².